The van der Waals surface area contributed by atoms with Gasteiger partial charge in [-0.3, -0.25) is 29.0 Å². The van der Waals surface area contributed by atoms with E-state index in [9.17, 15) is 33.9 Å². The van der Waals surface area contributed by atoms with Gasteiger partial charge in [0.15, 0.2) is 5.96 Å². The number of carboxylic acids is 2. The van der Waals surface area contributed by atoms with Crippen LogP contribution in [-0.4, -0.2) is 82.5 Å². The number of nitrogens with two attached hydrogens (primary N) is 4. The van der Waals surface area contributed by atoms with E-state index in [0.29, 0.717) is 0 Å². The van der Waals surface area contributed by atoms with E-state index in [2.05, 4.69) is 20.9 Å². The molecule has 13 N–H and O–H groups in total. The molecule has 210 valence electrons. The van der Waals surface area contributed by atoms with Gasteiger partial charge in [0.25, 0.3) is 0 Å². The summed E-state index contributed by atoms with van der Waals surface area (Å²) in [6.45, 7) is 3.67. The summed E-state index contributed by atoms with van der Waals surface area (Å²) in [4.78, 5) is 75.4. The fraction of sp³-hybridized carbons (Fsp3) is 0.667. The fourth-order valence-corrected chi connectivity index (χ4v) is 3.13. The van der Waals surface area contributed by atoms with Crippen molar-refractivity contribution in [3.8, 4) is 0 Å². The van der Waals surface area contributed by atoms with Crippen molar-refractivity contribution in [2.24, 2.45) is 33.8 Å². The number of rotatable bonds is 18. The van der Waals surface area contributed by atoms with Gasteiger partial charge in [0.2, 0.25) is 23.6 Å². The lowest BCUT2D eigenvalue weighted by molar-refractivity contribution is -0.143. The van der Waals surface area contributed by atoms with E-state index in [4.69, 9.17) is 28.0 Å². The number of amides is 4. The zero-order valence-corrected chi connectivity index (χ0v) is 20.9. The van der Waals surface area contributed by atoms with Gasteiger partial charge >= 0.3 is 11.9 Å². The van der Waals surface area contributed by atoms with Gasteiger partial charge < -0.3 is 49.1 Å². The number of aliphatic carboxylic acids is 2. The maximum atomic E-state index is 13.1. The van der Waals surface area contributed by atoms with Gasteiger partial charge in [-0.15, -0.1) is 0 Å². The molecule has 16 heteroatoms. The van der Waals surface area contributed by atoms with Crippen LogP contribution in [0.5, 0.6) is 0 Å². The van der Waals surface area contributed by atoms with E-state index < -0.39 is 72.6 Å². The molecule has 16 nitrogen and oxygen atoms in total. The summed E-state index contributed by atoms with van der Waals surface area (Å²) in [6, 6.07) is -5.20. The molecule has 0 spiro atoms. The van der Waals surface area contributed by atoms with Crippen LogP contribution in [0.25, 0.3) is 0 Å². The monoisotopic (exact) mass is 530 g/mol. The van der Waals surface area contributed by atoms with E-state index in [1.54, 1.807) is 13.8 Å². The van der Waals surface area contributed by atoms with E-state index in [0.717, 1.165) is 0 Å². The zero-order chi connectivity index (χ0) is 28.7. The molecule has 0 aliphatic carbocycles. The quantitative estimate of drug-likeness (QED) is 0.0480. The molecule has 0 saturated carbocycles. The van der Waals surface area contributed by atoms with Gasteiger partial charge in [0.1, 0.15) is 18.1 Å². The summed E-state index contributed by atoms with van der Waals surface area (Å²) >= 11 is 0. The molecule has 4 atom stereocenters. The number of guanidine groups is 1. The largest absolute Gasteiger partial charge is 0.481 e. The lowest BCUT2D eigenvalue weighted by Gasteiger charge is -2.26. The molecule has 0 aliphatic rings. The number of hydrogen-bond donors (Lipinski definition) is 9. The van der Waals surface area contributed by atoms with Crippen molar-refractivity contribution in [2.45, 2.75) is 76.5 Å². The molecular weight excluding hydrogens is 492 g/mol. The van der Waals surface area contributed by atoms with Gasteiger partial charge in [-0.1, -0.05) is 13.8 Å². The minimum absolute atomic E-state index is 0.0318. The Morgan fingerprint density at radius 1 is 0.811 bits per heavy atom. The summed E-state index contributed by atoms with van der Waals surface area (Å²) in [5, 5.41) is 25.3. The number of carbonyl (C=O) groups excluding carboxylic acids is 4. The molecule has 0 fully saturated rings. The molecule has 0 aliphatic heterocycles. The Hall–Kier alpha value is -3.95. The average Bonchev–Trinajstić information content (AvgIpc) is 2.76. The lowest BCUT2D eigenvalue weighted by atomic mass is 10.0. The van der Waals surface area contributed by atoms with E-state index in [-0.39, 0.29) is 44.1 Å². The van der Waals surface area contributed by atoms with Crippen LogP contribution in [0, 0.1) is 5.92 Å². The zero-order valence-electron chi connectivity index (χ0n) is 20.9. The van der Waals surface area contributed by atoms with Crippen molar-refractivity contribution in [1.82, 2.24) is 16.0 Å². The number of carbonyl (C=O) groups is 6. The van der Waals surface area contributed by atoms with Crippen molar-refractivity contribution in [3.63, 3.8) is 0 Å². The first-order valence-electron chi connectivity index (χ1n) is 11.6. The van der Waals surface area contributed by atoms with Crippen LogP contribution >= 0.6 is 0 Å². The highest BCUT2D eigenvalue weighted by atomic mass is 16.4. The summed E-state index contributed by atoms with van der Waals surface area (Å²) in [5.41, 5.74) is 21.3. The van der Waals surface area contributed by atoms with Gasteiger partial charge in [-0.25, -0.2) is 4.79 Å². The highest BCUT2D eigenvalue weighted by molar-refractivity contribution is 5.95. The van der Waals surface area contributed by atoms with Crippen molar-refractivity contribution in [3.05, 3.63) is 0 Å². The lowest BCUT2D eigenvalue weighted by Crippen LogP contribution is -2.57. The third-order valence-electron chi connectivity index (χ3n) is 4.94. The second kappa shape index (κ2) is 16.7. The molecule has 37 heavy (non-hydrogen) atoms. The van der Waals surface area contributed by atoms with Crippen LogP contribution in [-0.2, 0) is 28.8 Å². The van der Waals surface area contributed by atoms with Gasteiger partial charge in [0.05, 0.1) is 12.5 Å². The predicted octanol–water partition coefficient (Wildman–Crippen LogP) is -3.31. The van der Waals surface area contributed by atoms with E-state index in [1.807, 2.05) is 0 Å². The van der Waals surface area contributed by atoms with Crippen molar-refractivity contribution in [1.29, 1.82) is 0 Å². The average molecular weight is 531 g/mol. The number of carboxylic acid groups (broad SMARTS) is 2. The maximum Gasteiger partial charge on any atom is 0.326 e. The molecule has 0 bridgehead atoms. The number of aliphatic imine (C=N–C) groups is 1. The van der Waals surface area contributed by atoms with Gasteiger partial charge in [-0.2, -0.15) is 0 Å². The second-order valence-corrected chi connectivity index (χ2v) is 8.81. The molecule has 0 aromatic rings. The molecular formula is C21H38N8O8. The number of hydrogen-bond acceptors (Lipinski definition) is 8. The summed E-state index contributed by atoms with van der Waals surface area (Å²) < 4.78 is 0. The van der Waals surface area contributed by atoms with E-state index >= 15 is 0 Å². The van der Waals surface area contributed by atoms with E-state index in [1.165, 1.54) is 0 Å². The van der Waals surface area contributed by atoms with Crippen molar-refractivity contribution < 1.29 is 39.0 Å². The first-order chi connectivity index (χ1) is 17.1. The SMILES string of the molecule is CC(C)CC(NC(=O)C(CCCN=C(N)N)NC(=O)C(N)CC(N)=O)C(=O)NC(CCC(=O)O)C(=O)O. The number of nitrogens with one attached hydrogen (secondary N) is 3. The van der Waals surface area contributed by atoms with Crippen molar-refractivity contribution in [2.75, 3.05) is 6.54 Å². The van der Waals surface area contributed by atoms with Crippen molar-refractivity contribution >= 4 is 41.5 Å². The Morgan fingerprint density at radius 2 is 1.35 bits per heavy atom. The Labute approximate surface area is 214 Å². The molecule has 4 unspecified atom stereocenters. The summed E-state index contributed by atoms with van der Waals surface area (Å²) in [5.74, 6) is -6.21. The highest BCUT2D eigenvalue weighted by Crippen LogP contribution is 2.09. The predicted molar refractivity (Wildman–Crippen MR) is 131 cm³/mol. The van der Waals surface area contributed by atoms with Gasteiger partial charge in [-0.05, 0) is 31.6 Å². The normalized spacial score (nSPS) is 13.9. The maximum absolute atomic E-state index is 13.1. The highest BCUT2D eigenvalue weighted by Gasteiger charge is 2.31. The first-order valence-corrected chi connectivity index (χ1v) is 11.6. The molecule has 0 heterocycles. The smallest absolute Gasteiger partial charge is 0.326 e. The molecule has 0 aromatic heterocycles. The van der Waals surface area contributed by atoms with Crippen LogP contribution in [0.3, 0.4) is 0 Å². The molecule has 0 aromatic carbocycles. The molecule has 0 rings (SSSR count). The van der Waals surface area contributed by atoms with Crippen LogP contribution < -0.4 is 38.9 Å². The standard InChI is InChI=1S/C21H38N8O8/c1-10(2)8-14(19(35)28-13(20(36)37)5-6-16(31)32)29-18(34)12(4-3-7-26-21(24)25)27-17(33)11(22)9-15(23)30/h10-14H,3-9,22H2,1-2H3,(H2,23,30)(H,27,33)(H,28,35)(H,29,34)(H,31,32)(H,36,37)(H4,24,25,26). The van der Waals surface area contributed by atoms with Crippen LogP contribution in [0.15, 0.2) is 4.99 Å². The Kier molecular flexibility index (Phi) is 14.9. The minimum Gasteiger partial charge on any atom is -0.481 e. The van der Waals surface area contributed by atoms with Crippen LogP contribution in [0.2, 0.25) is 0 Å². The molecule has 4 amide bonds. The molecule has 0 radical (unpaired) electrons. The fourth-order valence-electron chi connectivity index (χ4n) is 3.13. The van der Waals surface area contributed by atoms with Crippen LogP contribution in [0.4, 0.5) is 0 Å². The first kappa shape index (κ1) is 33.0. The third-order valence-corrected chi connectivity index (χ3v) is 4.94. The third kappa shape index (κ3) is 14.9. The Bertz CT molecular complexity index is 859. The second-order valence-electron chi connectivity index (χ2n) is 8.81. The Morgan fingerprint density at radius 3 is 1.84 bits per heavy atom. The number of primary amides is 1. The summed E-state index contributed by atoms with van der Waals surface area (Å²) in [6.07, 6.45) is -0.922. The summed E-state index contributed by atoms with van der Waals surface area (Å²) in [7, 11) is 0. The Balaban J connectivity index is 5.64. The topological polar surface area (TPSA) is 295 Å². The van der Waals surface area contributed by atoms with Gasteiger partial charge in [0, 0.05) is 13.0 Å². The minimum atomic E-state index is -1.49. The van der Waals surface area contributed by atoms with Crippen LogP contribution in [0.1, 0.15) is 52.4 Å². The number of nitrogens with zero attached hydrogens (tertiary/aromatic N) is 1. The molecule has 0 saturated heterocycles.